The maximum Gasteiger partial charge on any atom is 0.490 e. The number of nitro groups is 1. The van der Waals surface area contributed by atoms with Gasteiger partial charge in [0.15, 0.2) is 5.78 Å². The van der Waals surface area contributed by atoms with Gasteiger partial charge in [-0.3, -0.25) is 4.79 Å². The molecule has 0 saturated carbocycles. The molecule has 0 amide bonds. The van der Waals surface area contributed by atoms with Crippen LogP contribution in [-0.2, 0) is 6.54 Å². The maximum atomic E-state index is 12.0. The Bertz CT molecular complexity index is 656. The Hall–Kier alpha value is -1.99. The lowest BCUT2D eigenvalue weighted by atomic mass is 10.1. The maximum absolute atomic E-state index is 12.0. The first-order chi connectivity index (χ1) is 8.97. The summed E-state index contributed by atoms with van der Waals surface area (Å²) in [5, 5.41) is 14.6. The van der Waals surface area contributed by atoms with Crippen molar-refractivity contribution >= 4 is 34.9 Å². The van der Waals surface area contributed by atoms with E-state index in [1.807, 2.05) is 0 Å². The fourth-order valence-corrected chi connectivity index (χ4v) is 1.78. The summed E-state index contributed by atoms with van der Waals surface area (Å²) in [5.41, 5.74) is 0.229. The van der Waals surface area contributed by atoms with Gasteiger partial charge in [0.1, 0.15) is 6.54 Å². The molecule has 1 heterocycles. The van der Waals surface area contributed by atoms with E-state index < -0.39 is 10.9 Å². The molecule has 0 aliphatic rings. The van der Waals surface area contributed by atoms with E-state index in [9.17, 15) is 14.9 Å². The summed E-state index contributed by atoms with van der Waals surface area (Å²) in [6, 6.07) is 4.49. The van der Waals surface area contributed by atoms with Crippen molar-refractivity contribution in [2.24, 2.45) is 0 Å². The van der Waals surface area contributed by atoms with Gasteiger partial charge in [0.25, 0.3) is 0 Å². The highest BCUT2D eigenvalue weighted by Gasteiger charge is 2.17. The lowest BCUT2D eigenvalue weighted by Gasteiger charge is -2.02. The molecular formula is C10H6Cl2N4O3. The van der Waals surface area contributed by atoms with E-state index in [1.165, 1.54) is 12.1 Å². The molecule has 0 bridgehead atoms. The van der Waals surface area contributed by atoms with Crippen molar-refractivity contribution in [3.63, 3.8) is 0 Å². The molecule has 2 aromatic rings. The number of ketones is 1. The molecule has 0 spiro atoms. The minimum Gasteiger partial charge on any atom is -0.390 e. The first-order valence-electron chi connectivity index (χ1n) is 4.99. The lowest BCUT2D eigenvalue weighted by molar-refractivity contribution is -0.394. The highest BCUT2D eigenvalue weighted by Crippen LogP contribution is 2.21. The minimum absolute atomic E-state index is 0.207. The first-order valence-corrected chi connectivity index (χ1v) is 5.75. The van der Waals surface area contributed by atoms with Crippen LogP contribution in [0.2, 0.25) is 10.0 Å². The zero-order valence-electron chi connectivity index (χ0n) is 9.29. The molecule has 0 atom stereocenters. The Labute approximate surface area is 116 Å². The van der Waals surface area contributed by atoms with Crippen molar-refractivity contribution in [2.75, 3.05) is 0 Å². The standard InChI is InChI=1S/C10H6Cl2N4O3/c11-6-1-2-8(12)7(3-6)9(17)4-15-5-13-10(14-15)16(18)19/h1-3,5H,4H2. The molecule has 7 nitrogen and oxygen atoms in total. The Morgan fingerprint density at radius 3 is 2.79 bits per heavy atom. The van der Waals surface area contributed by atoms with E-state index in [2.05, 4.69) is 10.1 Å². The minimum atomic E-state index is -0.743. The first kappa shape index (κ1) is 13.4. The van der Waals surface area contributed by atoms with Crippen LogP contribution in [0.15, 0.2) is 24.5 Å². The van der Waals surface area contributed by atoms with Crippen LogP contribution in [0.25, 0.3) is 0 Å². The van der Waals surface area contributed by atoms with Crippen LogP contribution in [0.4, 0.5) is 5.95 Å². The molecule has 0 aliphatic heterocycles. The van der Waals surface area contributed by atoms with E-state index in [1.54, 1.807) is 6.07 Å². The van der Waals surface area contributed by atoms with Crippen LogP contribution < -0.4 is 0 Å². The summed E-state index contributed by atoms with van der Waals surface area (Å²) in [4.78, 5) is 25.1. The third-order valence-corrected chi connectivity index (χ3v) is 2.79. The average molecular weight is 301 g/mol. The van der Waals surface area contributed by atoms with E-state index >= 15 is 0 Å². The van der Waals surface area contributed by atoms with Gasteiger partial charge in [0, 0.05) is 15.7 Å². The van der Waals surface area contributed by atoms with Crippen molar-refractivity contribution in [2.45, 2.75) is 6.54 Å². The fourth-order valence-electron chi connectivity index (χ4n) is 1.39. The monoisotopic (exact) mass is 300 g/mol. The second kappa shape index (κ2) is 5.33. The highest BCUT2D eigenvalue weighted by molar-refractivity contribution is 6.35. The third kappa shape index (κ3) is 3.07. The summed E-state index contributed by atoms with van der Waals surface area (Å²) >= 11 is 11.7. The number of carbonyl (C=O) groups is 1. The number of Topliss-reactive ketones (excluding diaryl/α,β-unsaturated/α-hetero) is 1. The Morgan fingerprint density at radius 1 is 1.42 bits per heavy atom. The van der Waals surface area contributed by atoms with Gasteiger partial charge in [0.2, 0.25) is 6.33 Å². The Balaban J connectivity index is 2.20. The number of rotatable bonds is 4. The number of halogens is 2. The molecule has 0 saturated heterocycles. The normalized spacial score (nSPS) is 10.4. The van der Waals surface area contributed by atoms with Crippen LogP contribution in [0, 0.1) is 10.1 Å². The number of hydrogen-bond acceptors (Lipinski definition) is 5. The van der Waals surface area contributed by atoms with Gasteiger partial charge < -0.3 is 10.1 Å². The summed E-state index contributed by atoms with van der Waals surface area (Å²) < 4.78 is 1.07. The van der Waals surface area contributed by atoms with Gasteiger partial charge in [-0.25, -0.2) is 0 Å². The van der Waals surface area contributed by atoms with Crippen molar-refractivity contribution in [3.8, 4) is 0 Å². The van der Waals surface area contributed by atoms with Gasteiger partial charge >= 0.3 is 5.95 Å². The second-order valence-corrected chi connectivity index (χ2v) is 4.39. The topological polar surface area (TPSA) is 90.9 Å². The smallest absolute Gasteiger partial charge is 0.390 e. The quantitative estimate of drug-likeness (QED) is 0.491. The molecule has 98 valence electrons. The van der Waals surface area contributed by atoms with E-state index in [4.69, 9.17) is 23.2 Å². The Morgan fingerprint density at radius 2 is 2.16 bits per heavy atom. The summed E-state index contributed by atoms with van der Waals surface area (Å²) in [6.07, 6.45) is 1.11. The molecule has 1 aromatic carbocycles. The predicted octanol–water partition coefficient (Wildman–Crippen LogP) is 2.38. The van der Waals surface area contributed by atoms with E-state index in [0.29, 0.717) is 5.02 Å². The molecule has 0 unspecified atom stereocenters. The molecule has 0 N–H and O–H groups in total. The van der Waals surface area contributed by atoms with Gasteiger partial charge in [-0.2, -0.15) is 4.68 Å². The predicted molar refractivity (Wildman–Crippen MR) is 67.5 cm³/mol. The number of benzene rings is 1. The zero-order chi connectivity index (χ0) is 14.0. The van der Waals surface area contributed by atoms with Gasteiger partial charge in [-0.15, -0.1) is 0 Å². The van der Waals surface area contributed by atoms with Crippen LogP contribution in [-0.4, -0.2) is 25.5 Å². The number of carbonyl (C=O) groups excluding carboxylic acids is 1. The molecule has 19 heavy (non-hydrogen) atoms. The number of hydrogen-bond donors (Lipinski definition) is 0. The third-order valence-electron chi connectivity index (χ3n) is 2.22. The Kier molecular flexibility index (Phi) is 3.77. The summed E-state index contributed by atoms with van der Waals surface area (Å²) in [6.45, 7) is -0.207. The number of nitrogens with zero attached hydrogens (tertiary/aromatic N) is 4. The van der Waals surface area contributed by atoms with Crippen molar-refractivity contribution < 1.29 is 9.72 Å². The van der Waals surface area contributed by atoms with Crippen LogP contribution in [0.1, 0.15) is 10.4 Å². The second-order valence-electron chi connectivity index (χ2n) is 3.55. The zero-order valence-corrected chi connectivity index (χ0v) is 10.8. The van der Waals surface area contributed by atoms with Crippen molar-refractivity contribution in [3.05, 3.63) is 50.2 Å². The van der Waals surface area contributed by atoms with Gasteiger partial charge in [-0.1, -0.05) is 28.2 Å². The van der Waals surface area contributed by atoms with Crippen LogP contribution in [0.5, 0.6) is 0 Å². The number of aromatic nitrogens is 3. The van der Waals surface area contributed by atoms with Gasteiger partial charge in [-0.05, 0) is 23.1 Å². The molecule has 0 radical (unpaired) electrons. The van der Waals surface area contributed by atoms with E-state index in [0.717, 1.165) is 11.0 Å². The molecule has 0 aliphatic carbocycles. The molecule has 1 aromatic heterocycles. The summed E-state index contributed by atoms with van der Waals surface area (Å²) in [7, 11) is 0. The largest absolute Gasteiger partial charge is 0.490 e. The summed E-state index contributed by atoms with van der Waals surface area (Å²) in [5.74, 6) is -0.933. The van der Waals surface area contributed by atoms with Crippen molar-refractivity contribution in [1.29, 1.82) is 0 Å². The van der Waals surface area contributed by atoms with Crippen LogP contribution >= 0.6 is 23.2 Å². The van der Waals surface area contributed by atoms with Crippen molar-refractivity contribution in [1.82, 2.24) is 14.8 Å². The van der Waals surface area contributed by atoms with Crippen LogP contribution in [0.3, 0.4) is 0 Å². The molecule has 9 heteroatoms. The molecular weight excluding hydrogens is 295 g/mol. The van der Waals surface area contributed by atoms with E-state index in [-0.39, 0.29) is 22.9 Å². The SMILES string of the molecule is O=C(Cn1cnc([N+](=O)[O-])n1)c1cc(Cl)ccc1Cl. The fraction of sp³-hybridized carbons (Fsp3) is 0.100. The van der Waals surface area contributed by atoms with Gasteiger partial charge in [0.05, 0.1) is 5.02 Å². The molecule has 0 fully saturated rings. The highest BCUT2D eigenvalue weighted by atomic mass is 35.5. The lowest BCUT2D eigenvalue weighted by Crippen LogP contribution is -2.11. The molecule has 2 rings (SSSR count). The average Bonchev–Trinajstić information content (AvgIpc) is 2.80.